The van der Waals surface area contributed by atoms with Crippen LogP contribution in [-0.2, 0) is 10.1 Å². The summed E-state index contributed by atoms with van der Waals surface area (Å²) in [5.74, 6) is 0. The molecule has 0 fully saturated rings. The second-order valence-electron chi connectivity index (χ2n) is 2.53. The molecule has 0 aliphatic heterocycles. The van der Waals surface area contributed by atoms with E-state index in [-0.39, 0.29) is 14.9 Å². The Labute approximate surface area is 86.0 Å². The smallest absolute Gasteiger partial charge is 0.282 e. The molecule has 72 valence electrons. The molecule has 0 saturated heterocycles. The van der Waals surface area contributed by atoms with Gasteiger partial charge in [0.05, 0.1) is 10.0 Å². The Morgan fingerprint density at radius 1 is 1.31 bits per heavy atom. The monoisotopic (exact) mass is 240 g/mol. The fraction of sp³-hybridized carbons (Fsp3) is 0.143. The third-order valence-corrected chi connectivity index (χ3v) is 3.21. The Morgan fingerprint density at radius 2 is 1.85 bits per heavy atom. The van der Waals surface area contributed by atoms with Crippen LogP contribution in [-0.4, -0.2) is 13.0 Å². The van der Waals surface area contributed by atoms with Gasteiger partial charge in [-0.05, 0) is 24.6 Å². The molecular formula is C7H6Cl2O3S. The number of halogens is 2. The maximum Gasteiger partial charge on any atom is 0.296 e. The van der Waals surface area contributed by atoms with Gasteiger partial charge in [-0.15, -0.1) is 0 Å². The van der Waals surface area contributed by atoms with Crippen molar-refractivity contribution in [1.82, 2.24) is 0 Å². The normalized spacial score (nSPS) is 11.7. The van der Waals surface area contributed by atoms with Crippen molar-refractivity contribution in [2.45, 2.75) is 11.8 Å². The fourth-order valence-corrected chi connectivity index (χ4v) is 2.28. The van der Waals surface area contributed by atoms with Crippen molar-refractivity contribution in [2.75, 3.05) is 0 Å². The lowest BCUT2D eigenvalue weighted by Gasteiger charge is -2.03. The second kappa shape index (κ2) is 3.46. The van der Waals surface area contributed by atoms with Crippen molar-refractivity contribution in [2.24, 2.45) is 0 Å². The van der Waals surface area contributed by atoms with E-state index >= 15 is 0 Å². The Morgan fingerprint density at radius 3 is 2.31 bits per heavy atom. The van der Waals surface area contributed by atoms with Crippen LogP contribution < -0.4 is 0 Å². The summed E-state index contributed by atoms with van der Waals surface area (Å²) in [6.45, 7) is 1.65. The molecule has 0 amide bonds. The summed E-state index contributed by atoms with van der Waals surface area (Å²) in [7, 11) is -4.29. The molecule has 1 rings (SSSR count). The maximum atomic E-state index is 10.8. The van der Waals surface area contributed by atoms with Gasteiger partial charge < -0.3 is 0 Å². The van der Waals surface area contributed by atoms with E-state index in [1.165, 1.54) is 12.1 Å². The van der Waals surface area contributed by atoms with Crippen molar-refractivity contribution in [3.8, 4) is 0 Å². The average Bonchev–Trinajstić information content (AvgIpc) is 1.94. The van der Waals surface area contributed by atoms with Gasteiger partial charge in [0.15, 0.2) is 0 Å². The van der Waals surface area contributed by atoms with E-state index in [0.29, 0.717) is 5.56 Å². The Bertz CT molecular complexity index is 439. The molecule has 0 heterocycles. The summed E-state index contributed by atoms with van der Waals surface area (Å²) in [5.41, 5.74) is 0.613. The van der Waals surface area contributed by atoms with Gasteiger partial charge in [-0.2, -0.15) is 8.42 Å². The zero-order chi connectivity index (χ0) is 10.2. The molecular weight excluding hydrogens is 235 g/mol. The van der Waals surface area contributed by atoms with Gasteiger partial charge in [-0.1, -0.05) is 23.2 Å². The SMILES string of the molecule is Cc1cc(Cl)c(Cl)c(S(=O)(=O)O)c1. The molecule has 0 aromatic heterocycles. The molecule has 0 radical (unpaired) electrons. The van der Waals surface area contributed by atoms with Gasteiger partial charge in [0.1, 0.15) is 4.90 Å². The molecule has 3 nitrogen and oxygen atoms in total. The summed E-state index contributed by atoms with van der Waals surface area (Å²) in [6, 6.07) is 2.77. The van der Waals surface area contributed by atoms with Gasteiger partial charge in [0, 0.05) is 0 Å². The largest absolute Gasteiger partial charge is 0.296 e. The second-order valence-corrected chi connectivity index (χ2v) is 4.71. The molecule has 0 unspecified atom stereocenters. The first kappa shape index (κ1) is 10.8. The Hall–Kier alpha value is -0.290. The lowest BCUT2D eigenvalue weighted by molar-refractivity contribution is 0.483. The molecule has 1 aromatic carbocycles. The molecule has 0 aliphatic rings. The minimum atomic E-state index is -4.29. The van der Waals surface area contributed by atoms with Gasteiger partial charge in [-0.3, -0.25) is 4.55 Å². The highest BCUT2D eigenvalue weighted by Gasteiger charge is 2.17. The van der Waals surface area contributed by atoms with Gasteiger partial charge in [0.2, 0.25) is 0 Å². The van der Waals surface area contributed by atoms with E-state index in [1.54, 1.807) is 6.92 Å². The Kier molecular flexibility index (Phi) is 2.87. The lowest BCUT2D eigenvalue weighted by atomic mass is 10.2. The van der Waals surface area contributed by atoms with E-state index in [9.17, 15) is 8.42 Å². The number of aryl methyl sites for hydroxylation is 1. The highest BCUT2D eigenvalue weighted by Crippen LogP contribution is 2.30. The van der Waals surface area contributed by atoms with Crippen LogP contribution in [0.25, 0.3) is 0 Å². The molecule has 13 heavy (non-hydrogen) atoms. The van der Waals surface area contributed by atoms with Crippen molar-refractivity contribution < 1.29 is 13.0 Å². The number of benzene rings is 1. The molecule has 0 spiro atoms. The van der Waals surface area contributed by atoms with Crippen LogP contribution in [0.2, 0.25) is 10.0 Å². The summed E-state index contributed by atoms with van der Waals surface area (Å²) in [4.78, 5) is -0.362. The highest BCUT2D eigenvalue weighted by molar-refractivity contribution is 7.86. The van der Waals surface area contributed by atoms with Gasteiger partial charge in [-0.25, -0.2) is 0 Å². The van der Waals surface area contributed by atoms with Crippen molar-refractivity contribution >= 4 is 33.3 Å². The van der Waals surface area contributed by atoms with Crippen molar-refractivity contribution in [1.29, 1.82) is 0 Å². The summed E-state index contributed by atoms with van der Waals surface area (Å²) in [5, 5.41) is -0.0518. The first-order valence-electron chi connectivity index (χ1n) is 3.25. The molecule has 1 aromatic rings. The van der Waals surface area contributed by atoms with Crippen molar-refractivity contribution in [3.63, 3.8) is 0 Å². The average molecular weight is 241 g/mol. The molecule has 6 heteroatoms. The fourth-order valence-electron chi connectivity index (χ4n) is 0.880. The number of hydrogen-bond donors (Lipinski definition) is 1. The van der Waals surface area contributed by atoms with E-state index in [2.05, 4.69) is 0 Å². The summed E-state index contributed by atoms with van der Waals surface area (Å²) < 4.78 is 30.3. The summed E-state index contributed by atoms with van der Waals surface area (Å²) in [6.07, 6.45) is 0. The highest BCUT2D eigenvalue weighted by atomic mass is 35.5. The zero-order valence-corrected chi connectivity index (χ0v) is 8.91. The Balaban J connectivity index is 3.56. The van der Waals surface area contributed by atoms with Gasteiger partial charge >= 0.3 is 0 Å². The van der Waals surface area contributed by atoms with E-state index in [1.807, 2.05) is 0 Å². The zero-order valence-electron chi connectivity index (χ0n) is 6.58. The third-order valence-electron chi connectivity index (χ3n) is 1.42. The molecule has 1 N–H and O–H groups in total. The quantitative estimate of drug-likeness (QED) is 0.768. The van der Waals surface area contributed by atoms with Crippen LogP contribution >= 0.6 is 23.2 Å². The minimum absolute atomic E-state index is 0.106. The molecule has 0 bridgehead atoms. The first-order valence-corrected chi connectivity index (χ1v) is 5.45. The molecule has 0 atom stereocenters. The van der Waals surface area contributed by atoms with Crippen LogP contribution in [0.5, 0.6) is 0 Å². The minimum Gasteiger partial charge on any atom is -0.282 e. The van der Waals surface area contributed by atoms with Crippen LogP contribution in [0.15, 0.2) is 17.0 Å². The topological polar surface area (TPSA) is 54.4 Å². The predicted octanol–water partition coefficient (Wildman–Crippen LogP) is 2.55. The third kappa shape index (κ3) is 2.34. The first-order chi connectivity index (χ1) is 5.82. The lowest BCUT2D eigenvalue weighted by Crippen LogP contribution is -1.99. The number of rotatable bonds is 1. The molecule has 0 aliphatic carbocycles. The van der Waals surface area contributed by atoms with E-state index in [0.717, 1.165) is 0 Å². The van der Waals surface area contributed by atoms with Crippen LogP contribution in [0.3, 0.4) is 0 Å². The van der Waals surface area contributed by atoms with Crippen molar-refractivity contribution in [3.05, 3.63) is 27.7 Å². The predicted molar refractivity (Wildman–Crippen MR) is 51.0 cm³/mol. The van der Waals surface area contributed by atoms with E-state index < -0.39 is 10.1 Å². The van der Waals surface area contributed by atoms with Crippen LogP contribution in [0.4, 0.5) is 0 Å². The van der Waals surface area contributed by atoms with Crippen LogP contribution in [0.1, 0.15) is 5.56 Å². The summed E-state index contributed by atoms with van der Waals surface area (Å²) >= 11 is 11.2. The maximum absolute atomic E-state index is 10.8. The van der Waals surface area contributed by atoms with Crippen LogP contribution in [0, 0.1) is 6.92 Å². The standard InChI is InChI=1S/C7H6Cl2O3S/c1-4-2-5(8)7(9)6(3-4)13(10,11)12/h2-3H,1H3,(H,10,11,12). The van der Waals surface area contributed by atoms with Gasteiger partial charge in [0.25, 0.3) is 10.1 Å². The molecule has 0 saturated carbocycles. The van der Waals surface area contributed by atoms with E-state index in [4.69, 9.17) is 27.8 Å². The number of hydrogen-bond acceptors (Lipinski definition) is 2.